The van der Waals surface area contributed by atoms with Crippen LogP contribution in [0.5, 0.6) is 0 Å². The molecule has 0 bridgehead atoms. The Morgan fingerprint density at radius 2 is 2.45 bits per heavy atom. The fourth-order valence-corrected chi connectivity index (χ4v) is 2.57. The Morgan fingerprint density at radius 1 is 1.60 bits per heavy atom. The molecule has 5 nitrogen and oxygen atoms in total. The summed E-state index contributed by atoms with van der Waals surface area (Å²) in [4.78, 5) is 16.4. The molecule has 110 valence electrons. The highest BCUT2D eigenvalue weighted by Crippen LogP contribution is 2.18. The van der Waals surface area contributed by atoms with Gasteiger partial charge in [-0.15, -0.1) is 0 Å². The van der Waals surface area contributed by atoms with E-state index < -0.39 is 0 Å². The number of carbonyl (C=O) groups excluding carboxylic acids is 1. The van der Waals surface area contributed by atoms with E-state index in [1.807, 2.05) is 6.92 Å². The number of hydrogen-bond acceptors (Lipinski definition) is 4. The van der Waals surface area contributed by atoms with Crippen LogP contribution in [-0.4, -0.2) is 36.7 Å². The van der Waals surface area contributed by atoms with Crippen molar-refractivity contribution in [3.63, 3.8) is 0 Å². The monoisotopic (exact) mass is 341 g/mol. The Labute approximate surface area is 127 Å². The number of amides is 1. The van der Waals surface area contributed by atoms with Crippen LogP contribution in [0.25, 0.3) is 0 Å². The molecule has 1 saturated heterocycles. The third-order valence-electron chi connectivity index (χ3n) is 3.22. The minimum Gasteiger partial charge on any atom is -0.378 e. The zero-order valence-corrected chi connectivity index (χ0v) is 13.2. The van der Waals surface area contributed by atoms with E-state index in [9.17, 15) is 4.79 Å². The Kier molecular flexibility index (Phi) is 5.79. The zero-order chi connectivity index (χ0) is 14.4. The quantitative estimate of drug-likeness (QED) is 0.834. The minimum atomic E-state index is -0.104. The van der Waals surface area contributed by atoms with Crippen LogP contribution in [0.2, 0.25) is 0 Å². The molecule has 6 heteroatoms. The number of aromatic nitrogens is 1. The van der Waals surface area contributed by atoms with Gasteiger partial charge in [0.25, 0.3) is 5.91 Å². The highest BCUT2D eigenvalue weighted by atomic mass is 79.9. The first kappa shape index (κ1) is 15.3. The number of nitrogens with one attached hydrogen (secondary N) is 2. The second-order valence-electron chi connectivity index (χ2n) is 4.76. The number of carbonyl (C=O) groups is 1. The van der Waals surface area contributed by atoms with Gasteiger partial charge >= 0.3 is 0 Å². The standard InChI is InChI=1S/C14H20BrN3O2/c1-2-16-13-12(8-10(15)9-18-13)14(19)17-6-5-11-4-3-7-20-11/h8-9,11H,2-7H2,1H3,(H,16,18)(H,17,19). The molecule has 1 atom stereocenters. The lowest BCUT2D eigenvalue weighted by Crippen LogP contribution is -2.28. The molecule has 1 fully saturated rings. The Morgan fingerprint density at radius 3 is 3.15 bits per heavy atom. The van der Waals surface area contributed by atoms with Crippen molar-refractivity contribution >= 4 is 27.7 Å². The van der Waals surface area contributed by atoms with Crippen LogP contribution in [0.1, 0.15) is 36.5 Å². The molecule has 20 heavy (non-hydrogen) atoms. The van der Waals surface area contributed by atoms with Crippen LogP contribution in [0.15, 0.2) is 16.7 Å². The van der Waals surface area contributed by atoms with Gasteiger partial charge in [-0.05, 0) is 48.2 Å². The van der Waals surface area contributed by atoms with E-state index in [0.29, 0.717) is 24.0 Å². The summed E-state index contributed by atoms with van der Waals surface area (Å²) in [7, 11) is 0. The topological polar surface area (TPSA) is 63.2 Å². The molecule has 1 aliphatic rings. The average Bonchev–Trinajstić information content (AvgIpc) is 2.94. The van der Waals surface area contributed by atoms with Gasteiger partial charge in [0.05, 0.1) is 11.7 Å². The maximum Gasteiger partial charge on any atom is 0.255 e. The Hall–Kier alpha value is -1.14. The highest BCUT2D eigenvalue weighted by Gasteiger charge is 2.17. The number of rotatable bonds is 6. The number of pyridine rings is 1. The molecule has 0 radical (unpaired) electrons. The molecule has 2 heterocycles. The Balaban J connectivity index is 1.91. The lowest BCUT2D eigenvalue weighted by molar-refractivity contribution is 0.0907. The van der Waals surface area contributed by atoms with E-state index in [-0.39, 0.29) is 5.91 Å². The average molecular weight is 342 g/mol. The number of anilines is 1. The van der Waals surface area contributed by atoms with E-state index >= 15 is 0 Å². The molecule has 1 aromatic heterocycles. The largest absolute Gasteiger partial charge is 0.378 e. The van der Waals surface area contributed by atoms with Gasteiger partial charge in [-0.2, -0.15) is 0 Å². The molecule has 1 unspecified atom stereocenters. The molecule has 0 spiro atoms. The number of ether oxygens (including phenoxy) is 1. The summed E-state index contributed by atoms with van der Waals surface area (Å²) in [6, 6.07) is 1.78. The molecule has 0 aromatic carbocycles. The normalized spacial score (nSPS) is 18.0. The molecular formula is C14H20BrN3O2. The third-order valence-corrected chi connectivity index (χ3v) is 3.65. The van der Waals surface area contributed by atoms with Gasteiger partial charge in [0.2, 0.25) is 0 Å². The molecule has 0 saturated carbocycles. The van der Waals surface area contributed by atoms with E-state index in [4.69, 9.17) is 4.74 Å². The van der Waals surface area contributed by atoms with Crippen LogP contribution in [0.3, 0.4) is 0 Å². The van der Waals surface area contributed by atoms with Gasteiger partial charge in [0.1, 0.15) is 5.82 Å². The first-order valence-corrected chi connectivity index (χ1v) is 7.79. The summed E-state index contributed by atoms with van der Waals surface area (Å²) in [5.41, 5.74) is 0.563. The summed E-state index contributed by atoms with van der Waals surface area (Å²) < 4.78 is 6.33. The highest BCUT2D eigenvalue weighted by molar-refractivity contribution is 9.10. The van der Waals surface area contributed by atoms with Crippen LogP contribution < -0.4 is 10.6 Å². The van der Waals surface area contributed by atoms with Crippen LogP contribution in [-0.2, 0) is 4.74 Å². The maximum atomic E-state index is 12.2. The van der Waals surface area contributed by atoms with Crippen LogP contribution >= 0.6 is 15.9 Å². The molecule has 2 N–H and O–H groups in total. The van der Waals surface area contributed by atoms with Crippen molar-refractivity contribution in [1.82, 2.24) is 10.3 Å². The molecule has 2 rings (SSSR count). The first-order valence-electron chi connectivity index (χ1n) is 7.00. The third kappa shape index (κ3) is 4.18. The predicted molar refractivity (Wildman–Crippen MR) is 82.0 cm³/mol. The van der Waals surface area contributed by atoms with E-state index in [1.165, 1.54) is 0 Å². The summed E-state index contributed by atoms with van der Waals surface area (Å²) in [5.74, 6) is 0.512. The number of halogens is 1. The van der Waals surface area contributed by atoms with Crippen LogP contribution in [0.4, 0.5) is 5.82 Å². The van der Waals surface area contributed by atoms with E-state index in [1.54, 1.807) is 12.3 Å². The van der Waals surface area contributed by atoms with Crippen molar-refractivity contribution in [3.05, 3.63) is 22.3 Å². The molecular weight excluding hydrogens is 322 g/mol. The van der Waals surface area contributed by atoms with E-state index in [2.05, 4.69) is 31.5 Å². The fourth-order valence-electron chi connectivity index (χ4n) is 2.23. The lowest BCUT2D eigenvalue weighted by atomic mass is 10.2. The fraction of sp³-hybridized carbons (Fsp3) is 0.571. The van der Waals surface area contributed by atoms with Gasteiger partial charge in [-0.3, -0.25) is 4.79 Å². The van der Waals surface area contributed by atoms with Crippen LogP contribution in [0, 0.1) is 0 Å². The molecule has 1 amide bonds. The van der Waals surface area contributed by atoms with Crippen molar-refractivity contribution in [2.24, 2.45) is 0 Å². The van der Waals surface area contributed by atoms with Gasteiger partial charge in [0, 0.05) is 30.4 Å². The number of hydrogen-bond donors (Lipinski definition) is 2. The predicted octanol–water partition coefficient (Wildman–Crippen LogP) is 2.57. The summed E-state index contributed by atoms with van der Waals surface area (Å²) in [5, 5.41) is 6.03. The minimum absolute atomic E-state index is 0.104. The van der Waals surface area contributed by atoms with Gasteiger partial charge in [0.15, 0.2) is 0 Å². The first-order chi connectivity index (χ1) is 9.70. The SMILES string of the molecule is CCNc1ncc(Br)cc1C(=O)NCCC1CCCO1. The van der Waals surface area contributed by atoms with Crippen molar-refractivity contribution in [1.29, 1.82) is 0 Å². The van der Waals surface area contributed by atoms with Crippen molar-refractivity contribution in [3.8, 4) is 0 Å². The van der Waals surface area contributed by atoms with Gasteiger partial charge in [-0.25, -0.2) is 4.98 Å². The second kappa shape index (κ2) is 7.59. The lowest BCUT2D eigenvalue weighted by Gasteiger charge is -2.12. The summed E-state index contributed by atoms with van der Waals surface area (Å²) >= 11 is 3.35. The van der Waals surface area contributed by atoms with Crippen molar-refractivity contribution in [2.75, 3.05) is 25.0 Å². The van der Waals surface area contributed by atoms with Crippen molar-refractivity contribution in [2.45, 2.75) is 32.3 Å². The summed E-state index contributed by atoms with van der Waals surface area (Å²) in [6.07, 6.45) is 5.06. The second-order valence-corrected chi connectivity index (χ2v) is 5.68. The number of nitrogens with zero attached hydrogens (tertiary/aromatic N) is 1. The molecule has 1 aliphatic heterocycles. The van der Waals surface area contributed by atoms with Crippen molar-refractivity contribution < 1.29 is 9.53 Å². The molecule has 1 aromatic rings. The maximum absolute atomic E-state index is 12.2. The molecule has 0 aliphatic carbocycles. The van der Waals surface area contributed by atoms with E-state index in [0.717, 1.165) is 36.9 Å². The summed E-state index contributed by atoms with van der Waals surface area (Å²) in [6.45, 7) is 4.17. The van der Waals surface area contributed by atoms with Gasteiger partial charge in [-0.1, -0.05) is 0 Å². The van der Waals surface area contributed by atoms with Gasteiger partial charge < -0.3 is 15.4 Å². The zero-order valence-electron chi connectivity index (χ0n) is 11.6. The Bertz CT molecular complexity index is 462. The smallest absolute Gasteiger partial charge is 0.255 e.